The molecule has 0 aliphatic heterocycles. The van der Waals surface area contributed by atoms with Gasteiger partial charge in [0.2, 0.25) is 0 Å². The molecule has 0 saturated heterocycles. The van der Waals surface area contributed by atoms with Gasteiger partial charge in [0.05, 0.1) is 51.8 Å². The number of carbonyl (C=O) groups excluding carboxylic acids is 4. The second kappa shape index (κ2) is 25.5. The molecule has 6 aromatic carbocycles. The third-order valence-corrected chi connectivity index (χ3v) is 10.2. The normalized spacial score (nSPS) is 10.9. The molecular formula is C53H41Cl3F6N4O6. The van der Waals surface area contributed by atoms with Gasteiger partial charge in [-0.1, -0.05) is 72.8 Å². The molecule has 0 aliphatic rings. The van der Waals surface area contributed by atoms with Crippen molar-refractivity contribution in [3.63, 3.8) is 0 Å². The van der Waals surface area contributed by atoms with Gasteiger partial charge in [-0.05, 0) is 120 Å². The molecule has 0 atom stereocenters. The van der Waals surface area contributed by atoms with E-state index in [1.165, 1.54) is 42.7 Å². The van der Waals surface area contributed by atoms with Crippen molar-refractivity contribution >= 4 is 91.1 Å². The molecule has 1 amide bonds. The van der Waals surface area contributed by atoms with Crippen molar-refractivity contribution in [3.8, 4) is 22.3 Å². The minimum absolute atomic E-state index is 0.194. The van der Waals surface area contributed by atoms with Crippen LogP contribution < -0.4 is 11.1 Å². The zero-order valence-electron chi connectivity index (χ0n) is 38.0. The van der Waals surface area contributed by atoms with Gasteiger partial charge in [-0.15, -0.1) is 23.2 Å². The van der Waals surface area contributed by atoms with Gasteiger partial charge in [0.1, 0.15) is 0 Å². The summed E-state index contributed by atoms with van der Waals surface area (Å²) in [6.07, 6.45) is -5.90. The number of halogens is 9. The van der Waals surface area contributed by atoms with Crippen molar-refractivity contribution < 1.29 is 55.0 Å². The fraction of sp³-hybridized carbons (Fsp3) is 0.132. The number of fused-ring (bicyclic) bond motifs is 2. The number of aromatic nitrogens is 2. The number of anilines is 2. The number of esters is 2. The minimum Gasteiger partial charge on any atom is -0.462 e. The minimum atomic E-state index is -4.43. The fourth-order valence-electron chi connectivity index (χ4n) is 6.70. The van der Waals surface area contributed by atoms with E-state index in [4.69, 9.17) is 50.0 Å². The second-order valence-corrected chi connectivity index (χ2v) is 16.0. The van der Waals surface area contributed by atoms with E-state index in [1.807, 2.05) is 6.07 Å². The van der Waals surface area contributed by atoms with Crippen LogP contribution in [0.5, 0.6) is 0 Å². The van der Waals surface area contributed by atoms with E-state index in [1.54, 1.807) is 98.8 Å². The summed E-state index contributed by atoms with van der Waals surface area (Å²) < 4.78 is 85.9. The van der Waals surface area contributed by atoms with Crippen LogP contribution in [0.1, 0.15) is 66.4 Å². The Morgan fingerprint density at radius 2 is 0.986 bits per heavy atom. The lowest BCUT2D eigenvalue weighted by Gasteiger charge is -2.12. The molecule has 0 bridgehead atoms. The van der Waals surface area contributed by atoms with E-state index in [2.05, 4.69) is 15.3 Å². The molecule has 10 nitrogen and oxygen atoms in total. The Labute approximate surface area is 423 Å². The second-order valence-electron chi connectivity index (χ2n) is 14.8. The van der Waals surface area contributed by atoms with Gasteiger partial charge in [0.25, 0.3) is 11.1 Å². The average molecular weight is 1050 g/mol. The maximum atomic E-state index is 13.0. The predicted molar refractivity (Wildman–Crippen MR) is 268 cm³/mol. The molecule has 8 rings (SSSR count). The molecule has 0 aliphatic carbocycles. The number of rotatable bonds is 9. The maximum absolute atomic E-state index is 13.0. The summed E-state index contributed by atoms with van der Waals surface area (Å²) in [5.41, 5.74) is 10.0. The SMILES string of the molecule is CCOC(=O)c1cnc2cc(N)ccc2c1.CCOC(=O)c1cnc2cc(NC(=O)c3ccccc3-c3ccc(C(F)(F)F)cc3)ccc2c1.ClCCl.O=C(Cl)c1ccccc1-c1ccc(C(F)(F)F)cc1. The van der Waals surface area contributed by atoms with E-state index in [0.717, 1.165) is 35.2 Å². The Hall–Kier alpha value is -7.53. The van der Waals surface area contributed by atoms with E-state index >= 15 is 0 Å². The quantitative estimate of drug-likeness (QED) is 0.0473. The number of amides is 1. The maximum Gasteiger partial charge on any atom is 0.416 e. The highest BCUT2D eigenvalue weighted by atomic mass is 35.5. The van der Waals surface area contributed by atoms with Gasteiger partial charge >= 0.3 is 24.3 Å². The van der Waals surface area contributed by atoms with Gasteiger partial charge in [0.15, 0.2) is 0 Å². The standard InChI is InChI=1S/C26H19F3N2O3.C14H8ClF3O.C12H12N2O2.CH2Cl2/c1-2-34-25(33)18-13-17-9-12-20(14-23(17)30-15-18)31-24(32)22-6-4-3-5-21(22)16-7-10-19(11-8-16)26(27,28)29;15-13(19)12-4-2-1-3-11(12)9-5-7-10(8-6-9)14(16,17)18;1-2-16-12(15)9-5-8-3-4-10(13)6-11(8)14-7-9;2-1-3/h3-15H,2H2,1H3,(H,31,32);1-8H;3-7H,2,13H2,1H3;1H2. The number of nitrogens with zero attached hydrogens (tertiary/aromatic N) is 2. The molecule has 72 heavy (non-hydrogen) atoms. The number of nitrogens with one attached hydrogen (secondary N) is 1. The lowest BCUT2D eigenvalue weighted by atomic mass is 9.98. The summed E-state index contributed by atoms with van der Waals surface area (Å²) in [6, 6.07) is 36.3. The van der Waals surface area contributed by atoms with Crippen LogP contribution in [0.25, 0.3) is 44.1 Å². The van der Waals surface area contributed by atoms with Crippen LogP contribution in [-0.2, 0) is 21.8 Å². The summed E-state index contributed by atoms with van der Waals surface area (Å²) in [5, 5.41) is 3.93. The lowest BCUT2D eigenvalue weighted by Crippen LogP contribution is -2.13. The summed E-state index contributed by atoms with van der Waals surface area (Å²) in [7, 11) is 0. The number of nitrogens with two attached hydrogens (primary N) is 1. The molecule has 0 spiro atoms. The summed E-state index contributed by atoms with van der Waals surface area (Å²) in [5.74, 6) is -1.24. The smallest absolute Gasteiger partial charge is 0.416 e. The van der Waals surface area contributed by atoms with E-state index in [0.29, 0.717) is 67.8 Å². The van der Waals surface area contributed by atoms with Crippen LogP contribution in [0.2, 0.25) is 0 Å². The fourth-order valence-corrected chi connectivity index (χ4v) is 6.87. The largest absolute Gasteiger partial charge is 0.462 e. The summed E-state index contributed by atoms with van der Waals surface area (Å²) in [6.45, 7) is 4.11. The molecule has 2 aromatic heterocycles. The van der Waals surface area contributed by atoms with Gasteiger partial charge in [-0.3, -0.25) is 19.6 Å². The first kappa shape index (κ1) is 55.4. The Bertz CT molecular complexity index is 3180. The predicted octanol–water partition coefficient (Wildman–Crippen LogP) is 14.5. The van der Waals surface area contributed by atoms with Crippen LogP contribution >= 0.6 is 34.8 Å². The molecule has 372 valence electrons. The van der Waals surface area contributed by atoms with Gasteiger partial charge in [-0.25, -0.2) is 9.59 Å². The number of alkyl halides is 8. The monoisotopic (exact) mass is 1050 g/mol. The van der Waals surface area contributed by atoms with Crippen molar-refractivity contribution in [2.24, 2.45) is 0 Å². The highest BCUT2D eigenvalue weighted by Gasteiger charge is 2.31. The molecule has 0 unspecified atom stereocenters. The number of pyridine rings is 2. The molecule has 3 N–H and O–H groups in total. The summed E-state index contributed by atoms with van der Waals surface area (Å²) >= 11 is 15.0. The van der Waals surface area contributed by atoms with Gasteiger partial charge in [-0.2, -0.15) is 26.3 Å². The number of nitrogen functional groups attached to an aromatic ring is 1. The van der Waals surface area contributed by atoms with Crippen molar-refractivity contribution in [2.75, 3.05) is 29.6 Å². The molecule has 0 radical (unpaired) electrons. The van der Waals surface area contributed by atoms with Crippen LogP contribution in [0.15, 0.2) is 158 Å². The Kier molecular flexibility index (Phi) is 19.7. The number of hydrogen-bond donors (Lipinski definition) is 2. The molecule has 0 fully saturated rings. The van der Waals surface area contributed by atoms with E-state index < -0.39 is 40.6 Å². The van der Waals surface area contributed by atoms with Crippen LogP contribution in [-0.4, -0.2) is 51.6 Å². The Balaban J connectivity index is 0.000000213. The lowest BCUT2D eigenvalue weighted by molar-refractivity contribution is -0.138. The van der Waals surface area contributed by atoms with Crippen molar-refractivity contribution in [1.29, 1.82) is 0 Å². The number of ether oxygens (including phenoxy) is 2. The molecule has 8 aromatic rings. The molecular weight excluding hydrogens is 1010 g/mol. The number of carbonyl (C=O) groups is 4. The third kappa shape index (κ3) is 15.2. The summed E-state index contributed by atoms with van der Waals surface area (Å²) in [4.78, 5) is 56.1. The highest BCUT2D eigenvalue weighted by Crippen LogP contribution is 2.34. The highest BCUT2D eigenvalue weighted by molar-refractivity contribution is 6.68. The van der Waals surface area contributed by atoms with Crippen LogP contribution in [0.4, 0.5) is 37.7 Å². The van der Waals surface area contributed by atoms with Crippen LogP contribution in [0.3, 0.4) is 0 Å². The average Bonchev–Trinajstić information content (AvgIpc) is 3.36. The first-order valence-electron chi connectivity index (χ1n) is 21.3. The first-order chi connectivity index (χ1) is 34.3. The van der Waals surface area contributed by atoms with Gasteiger partial charge in [0, 0.05) is 45.7 Å². The van der Waals surface area contributed by atoms with Crippen LogP contribution in [0, 0.1) is 0 Å². The number of benzene rings is 6. The molecule has 19 heteroatoms. The Morgan fingerprint density at radius 3 is 1.43 bits per heavy atom. The topological polar surface area (TPSA) is 151 Å². The Morgan fingerprint density at radius 1 is 0.569 bits per heavy atom. The van der Waals surface area contributed by atoms with Crippen molar-refractivity contribution in [3.05, 3.63) is 191 Å². The van der Waals surface area contributed by atoms with E-state index in [9.17, 15) is 45.5 Å². The third-order valence-electron chi connectivity index (χ3n) is 10.0. The zero-order valence-corrected chi connectivity index (χ0v) is 40.2. The van der Waals surface area contributed by atoms with Gasteiger partial charge < -0.3 is 20.5 Å². The molecule has 2 heterocycles. The van der Waals surface area contributed by atoms with Crippen molar-refractivity contribution in [1.82, 2.24) is 9.97 Å². The first-order valence-corrected chi connectivity index (χ1v) is 22.8. The zero-order chi connectivity index (χ0) is 52.6. The number of hydrogen-bond acceptors (Lipinski definition) is 9. The van der Waals surface area contributed by atoms with E-state index in [-0.39, 0.29) is 23.5 Å². The van der Waals surface area contributed by atoms with Crippen molar-refractivity contribution in [2.45, 2.75) is 26.2 Å². The molecule has 0 saturated carbocycles.